The molecule has 0 bridgehead atoms. The van der Waals surface area contributed by atoms with E-state index >= 15 is 0 Å². The minimum absolute atomic E-state index is 0.0335. The van der Waals surface area contributed by atoms with Gasteiger partial charge in [0, 0.05) is 23.8 Å². The van der Waals surface area contributed by atoms with E-state index in [1.165, 1.54) is 0 Å². The van der Waals surface area contributed by atoms with Crippen molar-refractivity contribution in [3.63, 3.8) is 0 Å². The number of ketones is 1. The molecule has 0 aromatic carbocycles. The third-order valence-electron chi connectivity index (χ3n) is 8.11. The van der Waals surface area contributed by atoms with Gasteiger partial charge in [0.2, 0.25) is 5.91 Å². The number of carbonyl (C=O) groups is 2. The van der Waals surface area contributed by atoms with E-state index in [1.807, 2.05) is 26.2 Å². The van der Waals surface area contributed by atoms with Crippen LogP contribution in [0.25, 0.3) is 6.08 Å². The number of carbonyl (C=O) groups excluding carboxylic acids is 2. The summed E-state index contributed by atoms with van der Waals surface area (Å²) in [5.74, 6) is -1.26. The van der Waals surface area contributed by atoms with Gasteiger partial charge in [-0.2, -0.15) is 0 Å². The average molecular weight is 507 g/mol. The number of thiazole rings is 1. The summed E-state index contributed by atoms with van der Waals surface area (Å²) in [6.45, 7) is 13.5. The fourth-order valence-corrected chi connectivity index (χ4v) is 5.90. The van der Waals surface area contributed by atoms with Crippen molar-refractivity contribution in [2.24, 2.45) is 23.2 Å². The van der Waals surface area contributed by atoms with Crippen LogP contribution in [0.5, 0.6) is 0 Å². The summed E-state index contributed by atoms with van der Waals surface area (Å²) in [6.07, 6.45) is 2.37. The van der Waals surface area contributed by atoms with Crippen molar-refractivity contribution in [3.05, 3.63) is 21.7 Å². The molecule has 1 aromatic heterocycles. The van der Waals surface area contributed by atoms with Gasteiger partial charge in [0.05, 0.1) is 46.5 Å². The van der Waals surface area contributed by atoms with E-state index in [-0.39, 0.29) is 41.7 Å². The van der Waals surface area contributed by atoms with E-state index in [0.29, 0.717) is 6.54 Å². The minimum Gasteiger partial charge on any atom is -0.392 e. The molecule has 0 saturated carbocycles. The molecule has 0 aliphatic carbocycles. The first-order valence-corrected chi connectivity index (χ1v) is 13.6. The summed E-state index contributed by atoms with van der Waals surface area (Å²) in [7, 11) is 0. The Morgan fingerprint density at radius 2 is 1.94 bits per heavy atom. The van der Waals surface area contributed by atoms with Crippen molar-refractivity contribution in [2.75, 3.05) is 6.54 Å². The van der Waals surface area contributed by atoms with Crippen LogP contribution < -0.4 is 5.32 Å². The number of epoxide rings is 1. The van der Waals surface area contributed by atoms with Crippen LogP contribution in [0.4, 0.5) is 0 Å². The predicted molar refractivity (Wildman–Crippen MR) is 138 cm³/mol. The Bertz CT molecular complexity index is 957. The van der Waals surface area contributed by atoms with Crippen molar-refractivity contribution < 1.29 is 24.5 Å². The van der Waals surface area contributed by atoms with Crippen molar-refractivity contribution in [1.82, 2.24) is 10.3 Å². The molecular formula is C27H42N2O5S. The average Bonchev–Trinajstić information content (AvgIpc) is 3.26. The third kappa shape index (κ3) is 6.40. The van der Waals surface area contributed by atoms with Crippen LogP contribution in [-0.2, 0) is 14.3 Å². The van der Waals surface area contributed by atoms with E-state index in [2.05, 4.69) is 23.3 Å². The lowest BCUT2D eigenvalue weighted by molar-refractivity contribution is -0.143. The molecule has 3 heterocycles. The standard InChI is InChI=1S/C27H42N2O5S/c1-15-9-8-10-27(7)25(34-27)20(16(2)11-19-14-35-18(4)29-19)13-28-22(31)12-21(30)26(5,6)24(33)17(3)23(15)32/h11,14-15,17,20-21,23,25,30,32H,8-10,12-13H2,1-7H3,(H,28,31)/b16-11+/t15?,17?,20-,21?,23+,25?,27?/m1/s1. The number of fused-ring (bicyclic) bond motifs is 1. The lowest BCUT2D eigenvalue weighted by atomic mass is 9.72. The Morgan fingerprint density at radius 3 is 2.57 bits per heavy atom. The van der Waals surface area contributed by atoms with Gasteiger partial charge in [0.15, 0.2) is 0 Å². The van der Waals surface area contributed by atoms with Gasteiger partial charge in [-0.3, -0.25) is 9.59 Å². The highest BCUT2D eigenvalue weighted by atomic mass is 32.1. The van der Waals surface area contributed by atoms with Gasteiger partial charge < -0.3 is 20.3 Å². The molecule has 8 heteroatoms. The highest BCUT2D eigenvalue weighted by Gasteiger charge is 2.55. The molecule has 2 fully saturated rings. The first kappa shape index (κ1) is 28.0. The maximum atomic E-state index is 13.2. The van der Waals surface area contributed by atoms with Crippen LogP contribution >= 0.6 is 11.3 Å². The van der Waals surface area contributed by atoms with Gasteiger partial charge in [-0.15, -0.1) is 11.3 Å². The SMILES string of the molecule is C/C(=C\c1csc(C)n1)[C@H]1CNC(=O)CC(O)C(C)(C)C(=O)C(C)[C@@H](O)C(C)CCCC2(C)OC12. The number of nitrogens with one attached hydrogen (secondary N) is 1. The summed E-state index contributed by atoms with van der Waals surface area (Å²) < 4.78 is 6.22. The Morgan fingerprint density at radius 1 is 1.26 bits per heavy atom. The molecule has 5 unspecified atom stereocenters. The zero-order valence-electron chi connectivity index (χ0n) is 22.1. The molecule has 35 heavy (non-hydrogen) atoms. The molecule has 2 aliphatic rings. The largest absolute Gasteiger partial charge is 0.392 e. The number of hydrogen-bond donors (Lipinski definition) is 3. The fourth-order valence-electron chi connectivity index (χ4n) is 5.33. The maximum Gasteiger partial charge on any atom is 0.222 e. The number of nitrogens with zero attached hydrogens (tertiary/aromatic N) is 1. The monoisotopic (exact) mass is 506 g/mol. The summed E-state index contributed by atoms with van der Waals surface area (Å²) in [5, 5.41) is 27.7. The number of rotatable bonds is 2. The number of Topliss-reactive ketones (excluding diaryl/α,β-unsaturated/α-hetero) is 1. The number of aliphatic hydroxyl groups is 2. The van der Waals surface area contributed by atoms with E-state index < -0.39 is 23.5 Å². The normalized spacial score (nSPS) is 37.5. The first-order valence-electron chi connectivity index (χ1n) is 12.7. The quantitative estimate of drug-likeness (QED) is 0.525. The Kier molecular flexibility index (Phi) is 8.62. The number of aryl methyl sites for hydroxylation is 1. The van der Waals surface area contributed by atoms with E-state index in [9.17, 15) is 19.8 Å². The van der Waals surface area contributed by atoms with Crippen LogP contribution in [0.2, 0.25) is 0 Å². The predicted octanol–water partition coefficient (Wildman–Crippen LogP) is 3.91. The van der Waals surface area contributed by atoms with Crippen LogP contribution in [0.3, 0.4) is 0 Å². The molecule has 2 aliphatic heterocycles. The molecule has 3 N–H and O–H groups in total. The molecule has 196 valence electrons. The molecule has 7 atom stereocenters. The second kappa shape index (κ2) is 10.8. The van der Waals surface area contributed by atoms with Gasteiger partial charge in [0.25, 0.3) is 0 Å². The molecule has 1 aromatic rings. The molecule has 0 spiro atoms. The van der Waals surface area contributed by atoms with Crippen molar-refractivity contribution >= 4 is 29.1 Å². The van der Waals surface area contributed by atoms with Gasteiger partial charge >= 0.3 is 0 Å². The summed E-state index contributed by atoms with van der Waals surface area (Å²) in [6, 6.07) is 0. The fraction of sp³-hybridized carbons (Fsp3) is 0.741. The second-order valence-electron chi connectivity index (χ2n) is 11.4. The Hall–Kier alpha value is -1.61. The molecule has 7 nitrogen and oxygen atoms in total. The lowest BCUT2D eigenvalue weighted by Crippen LogP contribution is -2.46. The number of hydrogen-bond acceptors (Lipinski definition) is 7. The van der Waals surface area contributed by atoms with Gasteiger partial charge in [-0.05, 0) is 45.6 Å². The molecule has 3 rings (SSSR count). The van der Waals surface area contributed by atoms with E-state index in [0.717, 1.165) is 35.5 Å². The summed E-state index contributed by atoms with van der Waals surface area (Å²) >= 11 is 1.60. The molecule has 0 radical (unpaired) electrons. The number of ether oxygens (including phenoxy) is 1. The van der Waals surface area contributed by atoms with Gasteiger partial charge in [0.1, 0.15) is 5.78 Å². The highest BCUT2D eigenvalue weighted by molar-refractivity contribution is 7.09. The topological polar surface area (TPSA) is 112 Å². The smallest absolute Gasteiger partial charge is 0.222 e. The van der Waals surface area contributed by atoms with Crippen LogP contribution in [0, 0.1) is 30.1 Å². The maximum absolute atomic E-state index is 13.2. The lowest BCUT2D eigenvalue weighted by Gasteiger charge is -2.34. The zero-order chi connectivity index (χ0) is 26.1. The molecule has 1 amide bonds. The zero-order valence-corrected chi connectivity index (χ0v) is 22.9. The van der Waals surface area contributed by atoms with E-state index in [1.54, 1.807) is 32.1 Å². The first-order chi connectivity index (χ1) is 16.3. The van der Waals surface area contributed by atoms with Crippen molar-refractivity contribution in [1.29, 1.82) is 0 Å². The van der Waals surface area contributed by atoms with Gasteiger partial charge in [-0.1, -0.05) is 39.7 Å². The Labute approximate surface area is 213 Å². The summed E-state index contributed by atoms with van der Waals surface area (Å²) in [5.41, 5.74) is 0.537. The Balaban J connectivity index is 1.85. The highest BCUT2D eigenvalue weighted by Crippen LogP contribution is 2.47. The van der Waals surface area contributed by atoms with Crippen molar-refractivity contribution in [3.8, 4) is 0 Å². The molecule has 2 saturated heterocycles. The number of aliphatic hydroxyl groups excluding tert-OH is 2. The number of amides is 1. The van der Waals surface area contributed by atoms with E-state index in [4.69, 9.17) is 4.74 Å². The van der Waals surface area contributed by atoms with Crippen LogP contribution in [0.1, 0.15) is 77.9 Å². The van der Waals surface area contributed by atoms with Crippen LogP contribution in [-0.4, -0.2) is 57.3 Å². The summed E-state index contributed by atoms with van der Waals surface area (Å²) in [4.78, 5) is 30.5. The third-order valence-corrected chi connectivity index (χ3v) is 8.90. The minimum atomic E-state index is -1.15. The van der Waals surface area contributed by atoms with Crippen LogP contribution in [0.15, 0.2) is 11.0 Å². The van der Waals surface area contributed by atoms with Gasteiger partial charge in [-0.25, -0.2) is 4.98 Å². The number of aromatic nitrogens is 1. The van der Waals surface area contributed by atoms with Crippen molar-refractivity contribution in [2.45, 2.75) is 98.1 Å². The second-order valence-corrected chi connectivity index (χ2v) is 12.5. The molecular weight excluding hydrogens is 464 g/mol.